The molecule has 0 bridgehead atoms. The van der Waals surface area contributed by atoms with E-state index in [1.807, 2.05) is 13.0 Å². The van der Waals surface area contributed by atoms with Crippen LogP contribution in [0.3, 0.4) is 0 Å². The zero-order valence-electron chi connectivity index (χ0n) is 18.1. The van der Waals surface area contributed by atoms with Crippen molar-refractivity contribution in [3.05, 3.63) is 64.7 Å². The van der Waals surface area contributed by atoms with Gasteiger partial charge in [-0.15, -0.1) is 0 Å². The molecule has 2 aromatic rings. The largest absolute Gasteiger partial charge is 0.290 e. The SMILES string of the molecule is C[C@H]1CN(S(=O)(=O)c2ccccc2)C2c3ccc4c(c3C(=O)C(=O)C21)CCCC4(C)C. The fourth-order valence-corrected chi connectivity index (χ4v) is 7.66. The monoisotopic (exact) mass is 437 g/mol. The molecule has 1 fully saturated rings. The van der Waals surface area contributed by atoms with E-state index in [1.54, 1.807) is 30.3 Å². The third-order valence-electron chi connectivity index (χ3n) is 7.46. The zero-order chi connectivity index (χ0) is 22.1. The van der Waals surface area contributed by atoms with Crippen molar-refractivity contribution < 1.29 is 18.0 Å². The highest BCUT2D eigenvalue weighted by Gasteiger charge is 2.55. The quantitative estimate of drug-likeness (QED) is 0.664. The Bertz CT molecular complexity index is 1200. The summed E-state index contributed by atoms with van der Waals surface area (Å²) in [6.07, 6.45) is 2.73. The predicted molar refractivity (Wildman–Crippen MR) is 117 cm³/mol. The van der Waals surface area contributed by atoms with Crippen LogP contribution in [0.15, 0.2) is 47.4 Å². The lowest BCUT2D eigenvalue weighted by Crippen LogP contribution is -2.41. The first-order valence-corrected chi connectivity index (χ1v) is 12.4. The molecule has 0 amide bonds. The molecule has 1 heterocycles. The van der Waals surface area contributed by atoms with Gasteiger partial charge in [-0.2, -0.15) is 4.31 Å². The van der Waals surface area contributed by atoms with Gasteiger partial charge in [0.1, 0.15) is 0 Å². The summed E-state index contributed by atoms with van der Waals surface area (Å²) in [5, 5.41) is 0. The Morgan fingerprint density at radius 3 is 2.45 bits per heavy atom. The van der Waals surface area contributed by atoms with Gasteiger partial charge in [-0.05, 0) is 59.4 Å². The van der Waals surface area contributed by atoms with Crippen molar-refractivity contribution in [2.45, 2.75) is 56.4 Å². The van der Waals surface area contributed by atoms with E-state index in [1.165, 1.54) is 4.31 Å². The molecule has 1 aliphatic heterocycles. The predicted octanol–water partition coefficient (Wildman–Crippen LogP) is 4.06. The lowest BCUT2D eigenvalue weighted by Gasteiger charge is -2.38. The van der Waals surface area contributed by atoms with Crippen molar-refractivity contribution in [1.29, 1.82) is 0 Å². The van der Waals surface area contributed by atoms with Crippen molar-refractivity contribution in [2.24, 2.45) is 11.8 Å². The highest BCUT2D eigenvalue weighted by molar-refractivity contribution is 7.89. The van der Waals surface area contributed by atoms with Crippen LogP contribution in [-0.2, 0) is 26.7 Å². The first-order chi connectivity index (χ1) is 14.6. The molecular formula is C25H27NO4S. The van der Waals surface area contributed by atoms with Gasteiger partial charge >= 0.3 is 0 Å². The second-order valence-electron chi connectivity index (χ2n) is 9.82. The number of Topliss-reactive ketones (excluding diaryl/α,β-unsaturated/α-hetero) is 2. The summed E-state index contributed by atoms with van der Waals surface area (Å²) in [6.45, 7) is 6.43. The number of sulfonamides is 1. The summed E-state index contributed by atoms with van der Waals surface area (Å²) in [4.78, 5) is 26.8. The Morgan fingerprint density at radius 1 is 1.03 bits per heavy atom. The van der Waals surface area contributed by atoms with E-state index < -0.39 is 33.5 Å². The minimum Gasteiger partial charge on any atom is -0.290 e. The molecular weight excluding hydrogens is 410 g/mol. The Labute approximate surface area is 183 Å². The third kappa shape index (κ3) is 2.88. The van der Waals surface area contributed by atoms with Crippen LogP contribution in [0.25, 0.3) is 0 Å². The molecule has 5 nitrogen and oxygen atoms in total. The lowest BCUT2D eigenvalue weighted by atomic mass is 9.67. The maximum atomic E-state index is 13.6. The molecule has 3 aliphatic rings. The van der Waals surface area contributed by atoms with E-state index in [0.717, 1.165) is 30.4 Å². The molecule has 0 radical (unpaired) electrons. The zero-order valence-corrected chi connectivity index (χ0v) is 18.9. The average molecular weight is 438 g/mol. The van der Waals surface area contributed by atoms with Gasteiger partial charge < -0.3 is 0 Å². The van der Waals surface area contributed by atoms with Crippen molar-refractivity contribution in [1.82, 2.24) is 4.31 Å². The highest BCUT2D eigenvalue weighted by Crippen LogP contribution is 2.51. The smallest absolute Gasteiger partial charge is 0.243 e. The van der Waals surface area contributed by atoms with E-state index in [9.17, 15) is 18.0 Å². The summed E-state index contributed by atoms with van der Waals surface area (Å²) < 4.78 is 28.6. The summed E-state index contributed by atoms with van der Waals surface area (Å²) >= 11 is 0. The molecule has 5 rings (SSSR count). The summed E-state index contributed by atoms with van der Waals surface area (Å²) in [5.74, 6) is -1.72. The van der Waals surface area contributed by atoms with Crippen molar-refractivity contribution in [3.63, 3.8) is 0 Å². The molecule has 0 spiro atoms. The standard InChI is InChI=1S/C25H27NO4S/c1-15-14-26(31(29,30)16-8-5-4-6-9-16)22-18-11-12-19-17(10-7-13-25(19,2)3)21(18)24(28)23(27)20(15)22/h4-6,8-9,11-12,15,20,22H,7,10,13-14H2,1-3H3/t15-,20?,22?/m0/s1. The number of nitrogens with zero attached hydrogens (tertiary/aromatic N) is 1. The number of rotatable bonds is 2. The molecule has 31 heavy (non-hydrogen) atoms. The van der Waals surface area contributed by atoms with E-state index in [2.05, 4.69) is 19.9 Å². The van der Waals surface area contributed by atoms with Crippen LogP contribution in [-0.4, -0.2) is 30.8 Å². The number of hydrogen-bond acceptors (Lipinski definition) is 4. The topological polar surface area (TPSA) is 71.5 Å². The Hall–Kier alpha value is -2.31. The number of carbonyl (C=O) groups is 2. The van der Waals surface area contributed by atoms with E-state index in [0.29, 0.717) is 11.1 Å². The van der Waals surface area contributed by atoms with Gasteiger partial charge in [0, 0.05) is 12.1 Å². The molecule has 1 saturated heterocycles. The van der Waals surface area contributed by atoms with Gasteiger partial charge in [0.05, 0.1) is 16.9 Å². The van der Waals surface area contributed by atoms with E-state index >= 15 is 0 Å². The Balaban J connectivity index is 1.72. The van der Waals surface area contributed by atoms with Gasteiger partial charge in [-0.1, -0.05) is 51.1 Å². The van der Waals surface area contributed by atoms with Crippen LogP contribution in [0, 0.1) is 11.8 Å². The van der Waals surface area contributed by atoms with Gasteiger partial charge in [0.2, 0.25) is 21.6 Å². The van der Waals surface area contributed by atoms with Crippen molar-refractivity contribution >= 4 is 21.6 Å². The number of hydrogen-bond donors (Lipinski definition) is 0. The second-order valence-corrected chi connectivity index (χ2v) is 11.7. The van der Waals surface area contributed by atoms with E-state index in [4.69, 9.17) is 0 Å². The fourth-order valence-electron chi connectivity index (χ4n) is 5.92. The van der Waals surface area contributed by atoms with Crippen molar-refractivity contribution in [2.75, 3.05) is 6.54 Å². The third-order valence-corrected chi connectivity index (χ3v) is 9.32. The van der Waals surface area contributed by atoms with Crippen LogP contribution in [0.2, 0.25) is 0 Å². The number of carbonyl (C=O) groups excluding carboxylic acids is 2. The number of fused-ring (bicyclic) bond motifs is 5. The molecule has 2 unspecified atom stereocenters. The van der Waals surface area contributed by atoms with Crippen LogP contribution in [0.5, 0.6) is 0 Å². The molecule has 2 aliphatic carbocycles. The minimum atomic E-state index is -3.80. The molecule has 0 aromatic heterocycles. The molecule has 2 aromatic carbocycles. The molecule has 0 N–H and O–H groups in total. The van der Waals surface area contributed by atoms with Crippen LogP contribution in [0.4, 0.5) is 0 Å². The maximum absolute atomic E-state index is 13.6. The molecule has 0 saturated carbocycles. The van der Waals surface area contributed by atoms with Crippen molar-refractivity contribution in [3.8, 4) is 0 Å². The second kappa shape index (κ2) is 6.84. The summed E-state index contributed by atoms with van der Waals surface area (Å²) in [5.41, 5.74) is 3.17. The average Bonchev–Trinajstić information content (AvgIpc) is 3.10. The van der Waals surface area contributed by atoms with Crippen LogP contribution in [0.1, 0.15) is 66.7 Å². The molecule has 162 valence electrons. The van der Waals surface area contributed by atoms with Gasteiger partial charge in [0.25, 0.3) is 0 Å². The maximum Gasteiger partial charge on any atom is 0.243 e. The van der Waals surface area contributed by atoms with E-state index in [-0.39, 0.29) is 22.8 Å². The van der Waals surface area contributed by atoms with Crippen LogP contribution < -0.4 is 0 Å². The first-order valence-electron chi connectivity index (χ1n) is 11.0. The highest BCUT2D eigenvalue weighted by atomic mass is 32.2. The minimum absolute atomic E-state index is 0.0679. The Kier molecular flexibility index (Phi) is 4.54. The fraction of sp³-hybridized carbons (Fsp3) is 0.440. The first kappa shape index (κ1) is 20.6. The lowest BCUT2D eigenvalue weighted by molar-refractivity contribution is -0.120. The van der Waals surface area contributed by atoms with Crippen LogP contribution >= 0.6 is 0 Å². The van der Waals surface area contributed by atoms with Gasteiger partial charge in [-0.25, -0.2) is 8.42 Å². The summed E-state index contributed by atoms with van der Waals surface area (Å²) in [7, 11) is -3.80. The Morgan fingerprint density at radius 2 is 1.74 bits per heavy atom. The van der Waals surface area contributed by atoms with Gasteiger partial charge in [0.15, 0.2) is 0 Å². The normalized spacial score (nSPS) is 27.5. The number of ketones is 2. The number of benzene rings is 2. The molecule has 6 heteroatoms. The van der Waals surface area contributed by atoms with Gasteiger partial charge in [-0.3, -0.25) is 9.59 Å². The summed E-state index contributed by atoms with van der Waals surface area (Å²) in [6, 6.07) is 11.7. The molecule has 3 atom stereocenters.